The monoisotopic (exact) mass is 304 g/mol. The molecule has 5 nitrogen and oxygen atoms in total. The Morgan fingerprint density at radius 3 is 2.20 bits per heavy atom. The Balaban J connectivity index is 2.63. The highest BCUT2D eigenvalue weighted by Gasteiger charge is 2.29. The second-order valence-corrected chi connectivity index (χ2v) is 8.87. The van der Waals surface area contributed by atoms with Crippen LogP contribution in [0.1, 0.15) is 52.9 Å². The molecule has 0 heterocycles. The molecule has 0 bridgehead atoms. The fraction of sp³-hybridized carbons (Fsp3) is 0.929. The molecule has 0 atom stereocenters. The lowest BCUT2D eigenvalue weighted by Crippen LogP contribution is -2.47. The number of amides is 1. The molecule has 1 rings (SSSR count). The number of nitrogens with one attached hydrogen (secondary N) is 1. The average Bonchev–Trinajstić information content (AvgIpc) is 2.32. The van der Waals surface area contributed by atoms with Crippen molar-refractivity contribution < 1.29 is 13.2 Å². The zero-order chi connectivity index (χ0) is 15.4. The Hall–Kier alpha value is -0.620. The van der Waals surface area contributed by atoms with Crippen LogP contribution in [0.5, 0.6) is 0 Å². The molecular weight excluding hydrogens is 276 g/mol. The summed E-state index contributed by atoms with van der Waals surface area (Å²) in [6.07, 6.45) is 6.16. The molecule has 0 aromatic rings. The molecule has 1 amide bonds. The van der Waals surface area contributed by atoms with E-state index in [1.807, 2.05) is 20.8 Å². The van der Waals surface area contributed by atoms with Crippen molar-refractivity contribution >= 4 is 15.9 Å². The summed E-state index contributed by atoms with van der Waals surface area (Å²) in [5.74, 6) is -0.212. The molecule has 1 N–H and O–H groups in total. The summed E-state index contributed by atoms with van der Waals surface area (Å²) in [5.41, 5.74) is -0.00355. The zero-order valence-electron chi connectivity index (χ0n) is 13.1. The van der Waals surface area contributed by atoms with E-state index < -0.39 is 10.0 Å². The van der Waals surface area contributed by atoms with Crippen LogP contribution in [0, 0.1) is 5.41 Å². The number of rotatable bonds is 5. The first kappa shape index (κ1) is 17.4. The summed E-state index contributed by atoms with van der Waals surface area (Å²) in [6, 6.07) is -0.0147. The molecule has 1 aliphatic carbocycles. The molecule has 0 aromatic heterocycles. The van der Waals surface area contributed by atoms with Gasteiger partial charge in [-0.15, -0.1) is 0 Å². The van der Waals surface area contributed by atoms with Gasteiger partial charge in [-0.05, 0) is 18.3 Å². The molecule has 20 heavy (non-hydrogen) atoms. The van der Waals surface area contributed by atoms with E-state index in [1.54, 1.807) is 0 Å². The van der Waals surface area contributed by atoms with Crippen LogP contribution in [-0.2, 0) is 14.8 Å². The fourth-order valence-corrected chi connectivity index (χ4v) is 3.55. The van der Waals surface area contributed by atoms with E-state index in [0.29, 0.717) is 6.54 Å². The van der Waals surface area contributed by atoms with E-state index in [2.05, 4.69) is 5.32 Å². The second-order valence-electron chi connectivity index (χ2n) is 6.94. The molecule has 1 saturated carbocycles. The fourth-order valence-electron chi connectivity index (χ4n) is 2.45. The van der Waals surface area contributed by atoms with Crippen molar-refractivity contribution in [2.45, 2.75) is 58.9 Å². The third-order valence-corrected chi connectivity index (χ3v) is 4.80. The highest BCUT2D eigenvalue weighted by Crippen LogP contribution is 2.24. The van der Waals surface area contributed by atoms with Gasteiger partial charge in [-0.1, -0.05) is 40.0 Å². The first-order chi connectivity index (χ1) is 9.09. The van der Waals surface area contributed by atoms with Crippen molar-refractivity contribution in [1.82, 2.24) is 9.62 Å². The van der Waals surface area contributed by atoms with Gasteiger partial charge in [-0.25, -0.2) is 8.42 Å². The van der Waals surface area contributed by atoms with Gasteiger partial charge in [0.1, 0.15) is 0 Å². The summed E-state index contributed by atoms with van der Waals surface area (Å²) >= 11 is 0. The molecule has 6 heteroatoms. The Labute approximate surface area is 123 Å². The van der Waals surface area contributed by atoms with Crippen molar-refractivity contribution in [3.8, 4) is 0 Å². The van der Waals surface area contributed by atoms with Gasteiger partial charge in [0.25, 0.3) is 0 Å². The lowest BCUT2D eigenvalue weighted by atomic mass is 9.95. The van der Waals surface area contributed by atoms with E-state index in [-0.39, 0.29) is 23.9 Å². The van der Waals surface area contributed by atoms with Crippen molar-refractivity contribution in [2.24, 2.45) is 5.41 Å². The number of carbonyl (C=O) groups is 1. The van der Waals surface area contributed by atoms with Gasteiger partial charge in [0.05, 0.1) is 12.8 Å². The maximum absolute atomic E-state index is 12.0. The largest absolute Gasteiger partial charge is 0.354 e. The maximum atomic E-state index is 12.0. The van der Waals surface area contributed by atoms with Gasteiger partial charge in [0, 0.05) is 12.6 Å². The molecular formula is C14H28N2O3S. The van der Waals surface area contributed by atoms with Crippen LogP contribution in [0.15, 0.2) is 0 Å². The Bertz CT molecular complexity index is 420. The Morgan fingerprint density at radius 1 is 1.20 bits per heavy atom. The summed E-state index contributed by atoms with van der Waals surface area (Å²) in [4.78, 5) is 12.0. The third kappa shape index (κ3) is 6.22. The highest BCUT2D eigenvalue weighted by atomic mass is 32.2. The summed E-state index contributed by atoms with van der Waals surface area (Å²) in [7, 11) is -3.34. The molecule has 0 saturated heterocycles. The zero-order valence-corrected chi connectivity index (χ0v) is 13.9. The van der Waals surface area contributed by atoms with Gasteiger partial charge in [0.15, 0.2) is 0 Å². The summed E-state index contributed by atoms with van der Waals surface area (Å²) in [5, 5.41) is 2.82. The molecule has 0 spiro atoms. The van der Waals surface area contributed by atoms with Crippen LogP contribution in [-0.4, -0.2) is 44.0 Å². The van der Waals surface area contributed by atoms with Crippen molar-refractivity contribution in [3.63, 3.8) is 0 Å². The lowest BCUT2D eigenvalue weighted by molar-refractivity contribution is -0.122. The first-order valence-corrected chi connectivity index (χ1v) is 9.18. The predicted octanol–water partition coefficient (Wildman–Crippen LogP) is 1.74. The number of hydrogen-bond acceptors (Lipinski definition) is 3. The van der Waals surface area contributed by atoms with Crippen LogP contribution in [0.25, 0.3) is 0 Å². The van der Waals surface area contributed by atoms with Crippen LogP contribution in [0.3, 0.4) is 0 Å². The minimum atomic E-state index is -3.34. The van der Waals surface area contributed by atoms with Gasteiger partial charge in [-0.2, -0.15) is 4.31 Å². The molecule has 0 aliphatic heterocycles. The average molecular weight is 304 g/mol. The number of nitrogens with zero attached hydrogens (tertiary/aromatic N) is 1. The summed E-state index contributed by atoms with van der Waals surface area (Å²) < 4.78 is 25.2. The normalized spacial score (nSPS) is 18.2. The van der Waals surface area contributed by atoms with E-state index in [4.69, 9.17) is 0 Å². The standard InChI is InChI=1S/C14H28N2O3S/c1-14(2,3)11-15-13(17)10-16(20(4,18)19)12-8-6-5-7-9-12/h12H,5-11H2,1-4H3,(H,15,17). The molecule has 118 valence electrons. The quantitative estimate of drug-likeness (QED) is 0.841. The van der Waals surface area contributed by atoms with Crippen LogP contribution in [0.4, 0.5) is 0 Å². The molecule has 0 radical (unpaired) electrons. The topological polar surface area (TPSA) is 66.5 Å². The molecule has 0 aromatic carbocycles. The third-order valence-electron chi connectivity index (χ3n) is 3.52. The van der Waals surface area contributed by atoms with Crippen LogP contribution >= 0.6 is 0 Å². The predicted molar refractivity (Wildman–Crippen MR) is 80.9 cm³/mol. The number of carbonyl (C=O) groups excluding carboxylic acids is 1. The van der Waals surface area contributed by atoms with Crippen LogP contribution < -0.4 is 5.32 Å². The highest BCUT2D eigenvalue weighted by molar-refractivity contribution is 7.88. The van der Waals surface area contributed by atoms with Gasteiger partial charge in [0.2, 0.25) is 15.9 Å². The minimum Gasteiger partial charge on any atom is -0.354 e. The first-order valence-electron chi connectivity index (χ1n) is 7.33. The minimum absolute atomic E-state index is 0.00355. The number of hydrogen-bond donors (Lipinski definition) is 1. The number of sulfonamides is 1. The van der Waals surface area contributed by atoms with Crippen molar-refractivity contribution in [3.05, 3.63) is 0 Å². The molecule has 1 fully saturated rings. The molecule has 1 aliphatic rings. The van der Waals surface area contributed by atoms with Crippen LogP contribution in [0.2, 0.25) is 0 Å². The SMILES string of the molecule is CC(C)(C)CNC(=O)CN(C1CCCCC1)S(C)(=O)=O. The maximum Gasteiger partial charge on any atom is 0.235 e. The van der Waals surface area contributed by atoms with E-state index in [1.165, 1.54) is 10.6 Å². The van der Waals surface area contributed by atoms with Crippen molar-refractivity contribution in [1.29, 1.82) is 0 Å². The lowest BCUT2D eigenvalue weighted by Gasteiger charge is -2.32. The van der Waals surface area contributed by atoms with Gasteiger partial charge < -0.3 is 5.32 Å². The smallest absolute Gasteiger partial charge is 0.235 e. The van der Waals surface area contributed by atoms with E-state index in [9.17, 15) is 13.2 Å². The Kier molecular flexibility index (Phi) is 6.01. The van der Waals surface area contributed by atoms with E-state index >= 15 is 0 Å². The Morgan fingerprint density at radius 2 is 1.75 bits per heavy atom. The summed E-state index contributed by atoms with van der Waals surface area (Å²) in [6.45, 7) is 6.59. The van der Waals surface area contributed by atoms with Gasteiger partial charge >= 0.3 is 0 Å². The van der Waals surface area contributed by atoms with Gasteiger partial charge in [-0.3, -0.25) is 4.79 Å². The second kappa shape index (κ2) is 6.89. The van der Waals surface area contributed by atoms with E-state index in [0.717, 1.165) is 32.1 Å². The molecule has 0 unspecified atom stereocenters. The van der Waals surface area contributed by atoms with Crippen molar-refractivity contribution in [2.75, 3.05) is 19.3 Å².